The van der Waals surface area contributed by atoms with E-state index in [2.05, 4.69) is 5.32 Å². The molecule has 4 nitrogen and oxygen atoms in total. The Morgan fingerprint density at radius 3 is 2.31 bits per heavy atom. The lowest BCUT2D eigenvalue weighted by Gasteiger charge is -2.19. The van der Waals surface area contributed by atoms with E-state index in [0.29, 0.717) is 11.4 Å². The minimum atomic E-state index is -0.324. The Kier molecular flexibility index (Phi) is 5.19. The van der Waals surface area contributed by atoms with Gasteiger partial charge in [0.05, 0.1) is 11.6 Å². The molecule has 1 N–H and O–H groups in total. The normalized spacial score (nSPS) is 11.9. The summed E-state index contributed by atoms with van der Waals surface area (Å²) in [6, 6.07) is 24.5. The molecule has 0 saturated heterocycles. The van der Waals surface area contributed by atoms with Gasteiger partial charge in [0.2, 0.25) is 6.41 Å². The van der Waals surface area contributed by atoms with E-state index >= 15 is 0 Å². The lowest BCUT2D eigenvalue weighted by Crippen LogP contribution is -2.21. The zero-order chi connectivity index (χ0) is 20.4. The van der Waals surface area contributed by atoms with Gasteiger partial charge in [-0.05, 0) is 46.5 Å². The van der Waals surface area contributed by atoms with Gasteiger partial charge < -0.3 is 9.88 Å². The van der Waals surface area contributed by atoms with Crippen molar-refractivity contribution in [3.8, 4) is 11.1 Å². The molecule has 1 unspecified atom stereocenters. The van der Waals surface area contributed by atoms with E-state index in [1.807, 2.05) is 60.7 Å². The third-order valence-corrected chi connectivity index (χ3v) is 5.38. The van der Waals surface area contributed by atoms with Gasteiger partial charge in [-0.3, -0.25) is 9.59 Å². The third kappa shape index (κ3) is 3.67. The molecule has 1 heterocycles. The van der Waals surface area contributed by atoms with Crippen LogP contribution in [-0.2, 0) is 11.8 Å². The fraction of sp³-hybridized carbons (Fsp3) is 0.0833. The summed E-state index contributed by atoms with van der Waals surface area (Å²) in [5.41, 5.74) is 4.45. The van der Waals surface area contributed by atoms with Gasteiger partial charge in [0.25, 0.3) is 5.56 Å². The first-order chi connectivity index (χ1) is 14.1. The molecule has 0 radical (unpaired) electrons. The second-order valence-electron chi connectivity index (χ2n) is 6.87. The summed E-state index contributed by atoms with van der Waals surface area (Å²) in [5.74, 6) is 0. The number of hydrogen-bond acceptors (Lipinski definition) is 2. The minimum Gasteiger partial charge on any atom is -0.348 e. The molecule has 0 saturated carbocycles. The zero-order valence-electron chi connectivity index (χ0n) is 15.8. The van der Waals surface area contributed by atoms with Gasteiger partial charge >= 0.3 is 0 Å². The van der Waals surface area contributed by atoms with Crippen molar-refractivity contribution in [1.82, 2.24) is 9.88 Å². The average Bonchev–Trinajstić information content (AvgIpc) is 2.75. The number of nitrogens with zero attached hydrogens (tertiary/aromatic N) is 1. The summed E-state index contributed by atoms with van der Waals surface area (Å²) in [4.78, 5) is 23.8. The van der Waals surface area contributed by atoms with E-state index < -0.39 is 0 Å². The number of pyridine rings is 1. The number of nitrogens with one attached hydrogen (secondary N) is 1. The molecule has 0 spiro atoms. The van der Waals surface area contributed by atoms with Crippen molar-refractivity contribution >= 4 is 28.9 Å². The van der Waals surface area contributed by atoms with Crippen LogP contribution < -0.4 is 10.9 Å². The summed E-state index contributed by atoms with van der Waals surface area (Å²) in [6.07, 6.45) is 0.697. The first kappa shape index (κ1) is 19.0. The molecule has 1 aromatic heterocycles. The highest BCUT2D eigenvalue weighted by molar-refractivity contribution is 6.30. The third-order valence-electron chi connectivity index (χ3n) is 5.13. The maximum absolute atomic E-state index is 12.5. The van der Waals surface area contributed by atoms with Gasteiger partial charge in [-0.25, -0.2) is 0 Å². The SMILES string of the molecule is Cn1c(=O)cc(-c2ccccc2)c2cc(C(NC=O)c3ccc(Cl)cc3)ccc21. The molecule has 0 bridgehead atoms. The van der Waals surface area contributed by atoms with Crippen molar-refractivity contribution in [2.45, 2.75) is 6.04 Å². The van der Waals surface area contributed by atoms with Gasteiger partial charge in [0.1, 0.15) is 0 Å². The van der Waals surface area contributed by atoms with Gasteiger partial charge in [0, 0.05) is 23.5 Å². The molecule has 4 rings (SSSR count). The molecule has 0 aliphatic rings. The number of hydrogen-bond donors (Lipinski definition) is 1. The maximum Gasteiger partial charge on any atom is 0.251 e. The standard InChI is InChI=1S/C24H19ClN2O2/c1-27-22-12-9-18(24(26-15-28)17-7-10-19(25)11-8-17)13-21(22)20(14-23(27)29)16-5-3-2-4-6-16/h2-15,24H,1H3,(H,26,28). The Bertz CT molecular complexity index is 1230. The van der Waals surface area contributed by atoms with E-state index in [9.17, 15) is 9.59 Å². The fourth-order valence-electron chi connectivity index (χ4n) is 3.62. The number of halogens is 1. The van der Waals surface area contributed by atoms with Crippen molar-refractivity contribution in [2.24, 2.45) is 7.05 Å². The molecule has 0 fully saturated rings. The number of rotatable bonds is 5. The smallest absolute Gasteiger partial charge is 0.251 e. The van der Waals surface area contributed by atoms with Crippen molar-refractivity contribution in [2.75, 3.05) is 0 Å². The number of carbonyl (C=O) groups excluding carboxylic acids is 1. The Labute approximate surface area is 173 Å². The number of aromatic nitrogens is 1. The predicted octanol–water partition coefficient (Wildman–Crippen LogP) is 4.69. The molecular weight excluding hydrogens is 384 g/mol. The largest absolute Gasteiger partial charge is 0.348 e. The molecule has 4 aromatic rings. The number of carbonyl (C=O) groups is 1. The number of benzene rings is 3. The van der Waals surface area contributed by atoms with Gasteiger partial charge in [0.15, 0.2) is 0 Å². The fourth-order valence-corrected chi connectivity index (χ4v) is 3.75. The Balaban J connectivity index is 1.94. The van der Waals surface area contributed by atoms with Crippen LogP contribution in [0.25, 0.3) is 22.0 Å². The number of amides is 1. The maximum atomic E-state index is 12.5. The molecule has 29 heavy (non-hydrogen) atoms. The average molecular weight is 403 g/mol. The Morgan fingerprint density at radius 1 is 0.931 bits per heavy atom. The van der Waals surface area contributed by atoms with E-state index in [1.165, 1.54) is 0 Å². The van der Waals surface area contributed by atoms with Gasteiger partial charge in [-0.1, -0.05) is 60.1 Å². The van der Waals surface area contributed by atoms with E-state index in [-0.39, 0.29) is 11.6 Å². The Morgan fingerprint density at radius 2 is 1.62 bits per heavy atom. The van der Waals surface area contributed by atoms with Crippen LogP contribution in [0.3, 0.4) is 0 Å². The van der Waals surface area contributed by atoms with E-state index in [0.717, 1.165) is 33.2 Å². The second kappa shape index (κ2) is 7.94. The second-order valence-corrected chi connectivity index (χ2v) is 7.30. The number of aryl methyl sites for hydroxylation is 1. The van der Waals surface area contributed by atoms with E-state index in [1.54, 1.807) is 29.8 Å². The highest BCUT2D eigenvalue weighted by Gasteiger charge is 2.16. The monoisotopic (exact) mass is 402 g/mol. The van der Waals surface area contributed by atoms with Crippen molar-refractivity contribution in [3.05, 3.63) is 105 Å². The first-order valence-electron chi connectivity index (χ1n) is 9.23. The lowest BCUT2D eigenvalue weighted by atomic mass is 9.94. The van der Waals surface area contributed by atoms with Crippen LogP contribution in [0.4, 0.5) is 0 Å². The van der Waals surface area contributed by atoms with Crippen molar-refractivity contribution in [3.63, 3.8) is 0 Å². The summed E-state index contributed by atoms with van der Waals surface area (Å²) >= 11 is 6.02. The zero-order valence-corrected chi connectivity index (χ0v) is 16.6. The highest BCUT2D eigenvalue weighted by atomic mass is 35.5. The quantitative estimate of drug-likeness (QED) is 0.492. The molecule has 3 aromatic carbocycles. The minimum absolute atomic E-state index is 0.0654. The highest BCUT2D eigenvalue weighted by Crippen LogP contribution is 2.31. The van der Waals surface area contributed by atoms with Crippen LogP contribution in [0, 0.1) is 0 Å². The van der Waals surface area contributed by atoms with Crippen LogP contribution in [0.1, 0.15) is 17.2 Å². The molecule has 144 valence electrons. The number of fused-ring (bicyclic) bond motifs is 1. The van der Waals surface area contributed by atoms with Crippen LogP contribution in [0.5, 0.6) is 0 Å². The molecule has 5 heteroatoms. The van der Waals surface area contributed by atoms with Crippen molar-refractivity contribution in [1.29, 1.82) is 0 Å². The van der Waals surface area contributed by atoms with Crippen molar-refractivity contribution < 1.29 is 4.79 Å². The Hall–Kier alpha value is -3.37. The van der Waals surface area contributed by atoms with Gasteiger partial charge in [-0.15, -0.1) is 0 Å². The summed E-state index contributed by atoms with van der Waals surface area (Å²) < 4.78 is 1.63. The van der Waals surface area contributed by atoms with E-state index in [4.69, 9.17) is 11.6 Å². The molecule has 1 amide bonds. The summed E-state index contributed by atoms with van der Waals surface area (Å²) in [7, 11) is 1.76. The molecule has 0 aliphatic carbocycles. The lowest BCUT2D eigenvalue weighted by molar-refractivity contribution is -0.110. The van der Waals surface area contributed by atoms with Crippen LogP contribution in [0.2, 0.25) is 5.02 Å². The first-order valence-corrected chi connectivity index (χ1v) is 9.60. The van der Waals surface area contributed by atoms with Crippen LogP contribution >= 0.6 is 11.6 Å². The topological polar surface area (TPSA) is 51.1 Å². The molecule has 1 atom stereocenters. The molecular formula is C24H19ClN2O2. The summed E-state index contributed by atoms with van der Waals surface area (Å²) in [5, 5.41) is 4.48. The van der Waals surface area contributed by atoms with Crippen LogP contribution in [-0.4, -0.2) is 11.0 Å². The summed E-state index contributed by atoms with van der Waals surface area (Å²) in [6.45, 7) is 0. The predicted molar refractivity (Wildman–Crippen MR) is 117 cm³/mol. The van der Waals surface area contributed by atoms with Crippen LogP contribution in [0.15, 0.2) is 83.7 Å². The molecule has 0 aliphatic heterocycles. The van der Waals surface area contributed by atoms with Gasteiger partial charge in [-0.2, -0.15) is 0 Å².